The number of halogens is 1. The van der Waals surface area contributed by atoms with Crippen molar-refractivity contribution < 1.29 is 4.79 Å². The standard InChI is InChI=1S/C18H18ClN5O/c1-23-4-6-24(7-5-23)18-3-2-12(10-20-18)13-8-14-16(9-15(13)19)21-22-17(14)11-25/h2-3,8-11H,4-7H2,1H3,(H,21,22). The zero-order chi connectivity index (χ0) is 17.4. The molecule has 0 spiro atoms. The van der Waals surface area contributed by atoms with E-state index in [1.54, 1.807) is 6.07 Å². The molecule has 6 nitrogen and oxygen atoms in total. The zero-order valence-corrected chi connectivity index (χ0v) is 14.6. The highest BCUT2D eigenvalue weighted by Gasteiger charge is 2.16. The lowest BCUT2D eigenvalue weighted by Crippen LogP contribution is -2.44. The van der Waals surface area contributed by atoms with Gasteiger partial charge in [-0.05, 0) is 31.3 Å². The van der Waals surface area contributed by atoms with E-state index in [1.807, 2.05) is 24.4 Å². The summed E-state index contributed by atoms with van der Waals surface area (Å²) in [4.78, 5) is 20.3. The predicted molar refractivity (Wildman–Crippen MR) is 99.4 cm³/mol. The average Bonchev–Trinajstić information content (AvgIpc) is 3.03. The van der Waals surface area contributed by atoms with Crippen molar-refractivity contribution in [3.05, 3.63) is 41.2 Å². The van der Waals surface area contributed by atoms with E-state index in [1.165, 1.54) is 0 Å². The van der Waals surface area contributed by atoms with Crippen LogP contribution in [0.15, 0.2) is 30.5 Å². The van der Waals surface area contributed by atoms with E-state index >= 15 is 0 Å². The van der Waals surface area contributed by atoms with Crippen LogP contribution >= 0.6 is 11.6 Å². The lowest BCUT2D eigenvalue weighted by molar-refractivity contribution is 0.112. The van der Waals surface area contributed by atoms with Gasteiger partial charge in [0.05, 0.1) is 10.5 Å². The van der Waals surface area contributed by atoms with E-state index in [2.05, 4.69) is 32.0 Å². The number of nitrogens with one attached hydrogen (secondary N) is 1. The monoisotopic (exact) mass is 355 g/mol. The first-order valence-corrected chi connectivity index (χ1v) is 8.56. The molecule has 0 saturated carbocycles. The molecule has 1 fully saturated rings. The van der Waals surface area contributed by atoms with Gasteiger partial charge in [-0.15, -0.1) is 0 Å². The summed E-state index contributed by atoms with van der Waals surface area (Å²) in [5.41, 5.74) is 2.90. The van der Waals surface area contributed by atoms with Crippen LogP contribution in [0.3, 0.4) is 0 Å². The number of hydrogen-bond donors (Lipinski definition) is 1. The summed E-state index contributed by atoms with van der Waals surface area (Å²) in [6.07, 6.45) is 2.60. The Morgan fingerprint density at radius 3 is 2.68 bits per heavy atom. The Kier molecular flexibility index (Phi) is 4.15. The van der Waals surface area contributed by atoms with Gasteiger partial charge in [-0.2, -0.15) is 5.10 Å². The molecular weight excluding hydrogens is 338 g/mol. The fourth-order valence-electron chi connectivity index (χ4n) is 3.13. The number of fused-ring (bicyclic) bond motifs is 1. The largest absolute Gasteiger partial charge is 0.354 e. The van der Waals surface area contributed by atoms with E-state index in [0.29, 0.717) is 16.2 Å². The molecule has 2 aromatic heterocycles. The van der Waals surface area contributed by atoms with Crippen molar-refractivity contribution in [2.75, 3.05) is 38.1 Å². The van der Waals surface area contributed by atoms with Gasteiger partial charge in [-0.3, -0.25) is 9.89 Å². The number of carbonyl (C=O) groups excluding carboxylic acids is 1. The van der Waals surface area contributed by atoms with Crippen LogP contribution in [-0.2, 0) is 0 Å². The molecule has 1 N–H and O–H groups in total. The normalized spacial score (nSPS) is 15.7. The Balaban J connectivity index is 1.66. The third-order valence-corrected chi connectivity index (χ3v) is 4.99. The molecule has 1 aromatic carbocycles. The molecule has 0 radical (unpaired) electrons. The lowest BCUT2D eigenvalue weighted by Gasteiger charge is -2.33. The number of aldehydes is 1. The molecule has 0 amide bonds. The Labute approximate surface area is 150 Å². The number of benzene rings is 1. The maximum absolute atomic E-state index is 11.1. The molecule has 1 saturated heterocycles. The van der Waals surface area contributed by atoms with Crippen molar-refractivity contribution >= 4 is 34.6 Å². The third kappa shape index (κ3) is 2.99. The minimum atomic E-state index is 0.454. The Morgan fingerprint density at radius 1 is 1.20 bits per heavy atom. The van der Waals surface area contributed by atoms with Crippen LogP contribution in [0.2, 0.25) is 5.02 Å². The first kappa shape index (κ1) is 16.1. The molecule has 3 heterocycles. The molecule has 4 rings (SSSR count). The van der Waals surface area contributed by atoms with Gasteiger partial charge in [0.15, 0.2) is 6.29 Å². The van der Waals surface area contributed by atoms with E-state index in [4.69, 9.17) is 11.6 Å². The van der Waals surface area contributed by atoms with Crippen LogP contribution in [0, 0.1) is 0 Å². The van der Waals surface area contributed by atoms with Gasteiger partial charge in [0.2, 0.25) is 0 Å². The van der Waals surface area contributed by atoms with Gasteiger partial charge in [0.1, 0.15) is 11.5 Å². The number of piperazine rings is 1. The third-order valence-electron chi connectivity index (χ3n) is 4.68. The summed E-state index contributed by atoms with van der Waals surface area (Å²) in [5, 5.41) is 8.17. The first-order chi connectivity index (χ1) is 12.2. The molecule has 0 unspecified atom stereocenters. The fraction of sp³-hybridized carbons (Fsp3) is 0.278. The number of aromatic amines is 1. The molecular formula is C18H18ClN5O. The van der Waals surface area contributed by atoms with Crippen LogP contribution in [0.4, 0.5) is 5.82 Å². The van der Waals surface area contributed by atoms with Crippen LogP contribution < -0.4 is 4.90 Å². The van der Waals surface area contributed by atoms with Gasteiger partial charge in [0, 0.05) is 48.9 Å². The Morgan fingerprint density at radius 2 is 2.00 bits per heavy atom. The second-order valence-electron chi connectivity index (χ2n) is 6.30. The van der Waals surface area contributed by atoms with Gasteiger partial charge in [-0.25, -0.2) is 4.98 Å². The molecule has 7 heteroatoms. The molecule has 25 heavy (non-hydrogen) atoms. The zero-order valence-electron chi connectivity index (χ0n) is 13.9. The fourth-order valence-corrected chi connectivity index (χ4v) is 3.40. The molecule has 0 bridgehead atoms. The van der Waals surface area contributed by atoms with Gasteiger partial charge >= 0.3 is 0 Å². The molecule has 0 atom stereocenters. The van der Waals surface area contributed by atoms with Crippen molar-refractivity contribution in [3.63, 3.8) is 0 Å². The molecule has 1 aliphatic rings. The molecule has 128 valence electrons. The van der Waals surface area contributed by atoms with Gasteiger partial charge in [-0.1, -0.05) is 11.6 Å². The van der Waals surface area contributed by atoms with Crippen LogP contribution in [0.5, 0.6) is 0 Å². The number of likely N-dealkylation sites (N-methyl/N-ethyl adjacent to an activating group) is 1. The number of hydrogen-bond acceptors (Lipinski definition) is 5. The molecule has 1 aliphatic heterocycles. The SMILES string of the molecule is CN1CCN(c2ccc(-c3cc4c(C=O)[nH]nc4cc3Cl)cn2)CC1. The summed E-state index contributed by atoms with van der Waals surface area (Å²) in [6.45, 7) is 4.04. The number of carbonyl (C=O) groups is 1. The topological polar surface area (TPSA) is 65.1 Å². The number of pyridine rings is 1. The van der Waals surface area contributed by atoms with Crippen molar-refractivity contribution in [3.8, 4) is 11.1 Å². The van der Waals surface area contributed by atoms with Crippen molar-refractivity contribution in [1.82, 2.24) is 20.1 Å². The summed E-state index contributed by atoms with van der Waals surface area (Å²) in [5.74, 6) is 0.978. The van der Waals surface area contributed by atoms with Crippen molar-refractivity contribution in [1.29, 1.82) is 0 Å². The van der Waals surface area contributed by atoms with Crippen LogP contribution in [0.1, 0.15) is 10.5 Å². The Hall–Kier alpha value is -2.44. The predicted octanol–water partition coefficient (Wildman–Crippen LogP) is 2.84. The minimum absolute atomic E-state index is 0.454. The maximum Gasteiger partial charge on any atom is 0.168 e. The summed E-state index contributed by atoms with van der Waals surface area (Å²) in [6, 6.07) is 7.70. The van der Waals surface area contributed by atoms with E-state index < -0.39 is 0 Å². The summed E-state index contributed by atoms with van der Waals surface area (Å²) < 4.78 is 0. The van der Waals surface area contributed by atoms with Crippen LogP contribution in [0.25, 0.3) is 22.0 Å². The summed E-state index contributed by atoms with van der Waals surface area (Å²) in [7, 11) is 2.13. The second-order valence-corrected chi connectivity index (χ2v) is 6.71. The number of H-pyrrole nitrogens is 1. The molecule has 3 aromatic rings. The number of nitrogens with zero attached hydrogens (tertiary/aromatic N) is 4. The number of anilines is 1. The first-order valence-electron chi connectivity index (χ1n) is 8.18. The smallest absolute Gasteiger partial charge is 0.168 e. The Bertz CT molecular complexity index is 913. The maximum atomic E-state index is 11.1. The quantitative estimate of drug-likeness (QED) is 0.732. The second kappa shape index (κ2) is 6.46. The number of aromatic nitrogens is 3. The highest BCUT2D eigenvalue weighted by atomic mass is 35.5. The van der Waals surface area contributed by atoms with Gasteiger partial charge < -0.3 is 9.80 Å². The number of rotatable bonds is 3. The highest BCUT2D eigenvalue weighted by molar-refractivity contribution is 6.34. The van der Waals surface area contributed by atoms with Crippen LogP contribution in [-0.4, -0.2) is 59.6 Å². The van der Waals surface area contributed by atoms with E-state index in [-0.39, 0.29) is 0 Å². The van der Waals surface area contributed by atoms with Gasteiger partial charge in [0.25, 0.3) is 0 Å². The summed E-state index contributed by atoms with van der Waals surface area (Å²) >= 11 is 6.41. The lowest BCUT2D eigenvalue weighted by atomic mass is 10.0. The average molecular weight is 356 g/mol. The van der Waals surface area contributed by atoms with E-state index in [0.717, 1.165) is 54.8 Å². The molecule has 0 aliphatic carbocycles. The minimum Gasteiger partial charge on any atom is -0.354 e. The van der Waals surface area contributed by atoms with E-state index in [9.17, 15) is 4.79 Å². The van der Waals surface area contributed by atoms with Crippen molar-refractivity contribution in [2.24, 2.45) is 0 Å². The van der Waals surface area contributed by atoms with Crippen molar-refractivity contribution in [2.45, 2.75) is 0 Å². The highest BCUT2D eigenvalue weighted by Crippen LogP contribution is 2.32.